The van der Waals surface area contributed by atoms with Gasteiger partial charge in [0.15, 0.2) is 0 Å². The maximum absolute atomic E-state index is 5.74. The van der Waals surface area contributed by atoms with Gasteiger partial charge in [0.2, 0.25) is 0 Å². The molecule has 20 heavy (non-hydrogen) atoms. The Morgan fingerprint density at radius 1 is 0.950 bits per heavy atom. The van der Waals surface area contributed by atoms with Gasteiger partial charge in [-0.3, -0.25) is 0 Å². The molecule has 1 aliphatic rings. The maximum atomic E-state index is 5.74. The van der Waals surface area contributed by atoms with Gasteiger partial charge in [-0.05, 0) is 60.2 Å². The molecule has 0 radical (unpaired) electrons. The van der Waals surface area contributed by atoms with E-state index in [9.17, 15) is 0 Å². The first-order chi connectivity index (χ1) is 9.86. The normalized spacial score (nSPS) is 16.2. The van der Waals surface area contributed by atoms with E-state index < -0.39 is 0 Å². The minimum atomic E-state index is 0.599. The molecule has 0 spiro atoms. The number of nitrogens with one attached hydrogen (secondary N) is 1. The molecule has 0 aromatic heterocycles. The van der Waals surface area contributed by atoms with Gasteiger partial charge in [-0.15, -0.1) is 0 Å². The third-order valence-corrected chi connectivity index (χ3v) is 4.19. The topological polar surface area (TPSA) is 38.0 Å². The fourth-order valence-electron chi connectivity index (χ4n) is 3.01. The largest absolute Gasteiger partial charge is 0.326 e. The van der Waals surface area contributed by atoms with Gasteiger partial charge in [-0.1, -0.05) is 42.5 Å². The first kappa shape index (κ1) is 13.3. The first-order valence-corrected chi connectivity index (χ1v) is 7.47. The minimum absolute atomic E-state index is 0.599. The molecule has 0 bridgehead atoms. The van der Waals surface area contributed by atoms with Crippen molar-refractivity contribution in [2.24, 2.45) is 5.73 Å². The van der Waals surface area contributed by atoms with Gasteiger partial charge < -0.3 is 11.1 Å². The van der Waals surface area contributed by atoms with Crippen LogP contribution in [0.15, 0.2) is 48.5 Å². The van der Waals surface area contributed by atoms with Crippen molar-refractivity contribution in [2.45, 2.75) is 25.3 Å². The molecule has 2 nitrogen and oxygen atoms in total. The van der Waals surface area contributed by atoms with Gasteiger partial charge in [0.05, 0.1) is 0 Å². The molecule has 2 aromatic rings. The monoisotopic (exact) mass is 266 g/mol. The molecule has 2 aromatic carbocycles. The highest BCUT2D eigenvalue weighted by atomic mass is 14.9. The van der Waals surface area contributed by atoms with Crippen molar-refractivity contribution in [3.05, 3.63) is 59.7 Å². The smallest absolute Gasteiger partial charge is 0.0178 e. The van der Waals surface area contributed by atoms with E-state index in [1.807, 2.05) is 0 Å². The molecule has 0 amide bonds. The standard InChI is InChI=1S/C18H22N2/c19-13-14-3-1-4-16(11-14)18-6-2-5-17(12-18)15-7-9-20-10-8-15/h1-6,11-12,15,20H,7-10,13,19H2. The van der Waals surface area contributed by atoms with Crippen LogP contribution in [0.2, 0.25) is 0 Å². The van der Waals surface area contributed by atoms with Gasteiger partial charge in [-0.2, -0.15) is 0 Å². The summed E-state index contributed by atoms with van der Waals surface area (Å²) in [7, 11) is 0. The lowest BCUT2D eigenvalue weighted by molar-refractivity contribution is 0.460. The fourth-order valence-corrected chi connectivity index (χ4v) is 3.01. The van der Waals surface area contributed by atoms with Crippen molar-refractivity contribution in [3.8, 4) is 11.1 Å². The Bertz CT molecular complexity index is 571. The summed E-state index contributed by atoms with van der Waals surface area (Å²) in [6.07, 6.45) is 2.48. The zero-order chi connectivity index (χ0) is 13.8. The van der Waals surface area contributed by atoms with Gasteiger partial charge in [-0.25, -0.2) is 0 Å². The summed E-state index contributed by atoms with van der Waals surface area (Å²) in [4.78, 5) is 0. The summed E-state index contributed by atoms with van der Waals surface area (Å²) in [6, 6.07) is 17.5. The van der Waals surface area contributed by atoms with Crippen LogP contribution < -0.4 is 11.1 Å². The van der Waals surface area contributed by atoms with Crippen molar-refractivity contribution in [1.82, 2.24) is 5.32 Å². The van der Waals surface area contributed by atoms with Gasteiger partial charge >= 0.3 is 0 Å². The van der Waals surface area contributed by atoms with Crippen LogP contribution >= 0.6 is 0 Å². The number of benzene rings is 2. The summed E-state index contributed by atoms with van der Waals surface area (Å²) in [5.41, 5.74) is 11.0. The quantitative estimate of drug-likeness (QED) is 0.894. The van der Waals surface area contributed by atoms with Crippen LogP contribution in [0.3, 0.4) is 0 Å². The van der Waals surface area contributed by atoms with Crippen LogP contribution in [0.1, 0.15) is 29.9 Å². The van der Waals surface area contributed by atoms with Crippen molar-refractivity contribution in [3.63, 3.8) is 0 Å². The molecule has 1 aliphatic heterocycles. The van der Waals surface area contributed by atoms with E-state index in [1.54, 1.807) is 0 Å². The third-order valence-electron chi connectivity index (χ3n) is 4.19. The lowest BCUT2D eigenvalue weighted by Crippen LogP contribution is -2.26. The molecule has 3 N–H and O–H groups in total. The molecule has 0 unspecified atom stereocenters. The summed E-state index contributed by atoms with van der Waals surface area (Å²) >= 11 is 0. The highest BCUT2D eigenvalue weighted by Gasteiger charge is 2.15. The summed E-state index contributed by atoms with van der Waals surface area (Å²) < 4.78 is 0. The van der Waals surface area contributed by atoms with E-state index in [4.69, 9.17) is 5.73 Å². The first-order valence-electron chi connectivity index (χ1n) is 7.47. The van der Waals surface area contributed by atoms with Crippen LogP contribution in [-0.2, 0) is 6.54 Å². The second-order valence-electron chi connectivity index (χ2n) is 5.55. The summed E-state index contributed by atoms with van der Waals surface area (Å²) in [5, 5.41) is 3.43. The Morgan fingerprint density at radius 2 is 1.65 bits per heavy atom. The molecule has 104 valence electrons. The van der Waals surface area contributed by atoms with Crippen molar-refractivity contribution in [1.29, 1.82) is 0 Å². The van der Waals surface area contributed by atoms with Crippen LogP contribution in [0.4, 0.5) is 0 Å². The van der Waals surface area contributed by atoms with Crippen LogP contribution in [0.5, 0.6) is 0 Å². The Hall–Kier alpha value is -1.64. The number of rotatable bonds is 3. The number of nitrogens with two attached hydrogens (primary N) is 1. The molecular weight excluding hydrogens is 244 g/mol. The van der Waals surface area contributed by atoms with Crippen molar-refractivity contribution < 1.29 is 0 Å². The minimum Gasteiger partial charge on any atom is -0.326 e. The fraction of sp³-hybridized carbons (Fsp3) is 0.333. The lowest BCUT2D eigenvalue weighted by Gasteiger charge is -2.23. The molecule has 2 heteroatoms. The lowest BCUT2D eigenvalue weighted by atomic mass is 9.88. The SMILES string of the molecule is NCc1cccc(-c2cccc(C3CCNCC3)c2)c1. The average molecular weight is 266 g/mol. The van der Waals surface area contributed by atoms with Gasteiger partial charge in [0, 0.05) is 6.54 Å². The number of hydrogen-bond acceptors (Lipinski definition) is 2. The Labute approximate surface area is 121 Å². The Balaban J connectivity index is 1.89. The molecule has 0 atom stereocenters. The zero-order valence-electron chi connectivity index (χ0n) is 11.8. The van der Waals surface area contributed by atoms with Crippen LogP contribution in [0.25, 0.3) is 11.1 Å². The van der Waals surface area contributed by atoms with E-state index in [1.165, 1.54) is 35.1 Å². The molecule has 1 saturated heterocycles. The van der Waals surface area contributed by atoms with E-state index >= 15 is 0 Å². The molecule has 3 rings (SSSR count). The summed E-state index contributed by atoms with van der Waals surface area (Å²) in [5.74, 6) is 0.703. The number of piperidine rings is 1. The van der Waals surface area contributed by atoms with Crippen LogP contribution in [-0.4, -0.2) is 13.1 Å². The molecular formula is C18H22N2. The van der Waals surface area contributed by atoms with Crippen LogP contribution in [0, 0.1) is 0 Å². The molecule has 0 saturated carbocycles. The Kier molecular flexibility index (Phi) is 4.14. The molecule has 0 aliphatic carbocycles. The molecule has 1 fully saturated rings. The second kappa shape index (κ2) is 6.21. The van der Waals surface area contributed by atoms with Crippen molar-refractivity contribution in [2.75, 3.05) is 13.1 Å². The average Bonchev–Trinajstić information content (AvgIpc) is 2.56. The highest BCUT2D eigenvalue weighted by molar-refractivity contribution is 5.65. The third kappa shape index (κ3) is 2.92. The highest BCUT2D eigenvalue weighted by Crippen LogP contribution is 2.29. The number of hydrogen-bond donors (Lipinski definition) is 2. The maximum Gasteiger partial charge on any atom is 0.0178 e. The van der Waals surface area contributed by atoms with Crippen molar-refractivity contribution >= 4 is 0 Å². The molecule has 1 heterocycles. The van der Waals surface area contributed by atoms with Gasteiger partial charge in [0.25, 0.3) is 0 Å². The van der Waals surface area contributed by atoms with E-state index in [0.29, 0.717) is 12.5 Å². The predicted molar refractivity (Wildman–Crippen MR) is 84.6 cm³/mol. The summed E-state index contributed by atoms with van der Waals surface area (Å²) in [6.45, 7) is 2.87. The predicted octanol–water partition coefficient (Wildman–Crippen LogP) is 3.28. The van der Waals surface area contributed by atoms with E-state index in [-0.39, 0.29) is 0 Å². The van der Waals surface area contributed by atoms with Gasteiger partial charge in [0.1, 0.15) is 0 Å². The Morgan fingerprint density at radius 3 is 2.40 bits per heavy atom. The van der Waals surface area contributed by atoms with E-state index in [0.717, 1.165) is 13.1 Å². The second-order valence-corrected chi connectivity index (χ2v) is 5.55. The zero-order valence-corrected chi connectivity index (χ0v) is 11.8. The van der Waals surface area contributed by atoms with E-state index in [2.05, 4.69) is 53.8 Å².